The van der Waals surface area contributed by atoms with Crippen molar-refractivity contribution in [2.45, 2.75) is 13.0 Å². The second-order valence-electron chi connectivity index (χ2n) is 6.02. The standard InChI is InChI=1S/C20H19FN2O4/c1-12(18-10-13-5-3-4-6-17(13)27-18)23-19(24)11-22-16-9-14(20(25)26-2)7-8-15(16)21/h3-10,12,22H,11H2,1-2H3,(H,23,24)/t12-/m0/s1. The third-order valence-electron chi connectivity index (χ3n) is 4.08. The molecule has 0 aliphatic rings. The Labute approximate surface area is 155 Å². The molecule has 0 aliphatic carbocycles. The number of anilines is 1. The van der Waals surface area contributed by atoms with Crippen LogP contribution in [0.2, 0.25) is 0 Å². The number of rotatable bonds is 6. The Bertz CT molecular complexity index is 950. The summed E-state index contributed by atoms with van der Waals surface area (Å²) in [5, 5.41) is 6.43. The normalized spacial score (nSPS) is 11.8. The van der Waals surface area contributed by atoms with Gasteiger partial charge in [0.25, 0.3) is 0 Å². The quantitative estimate of drug-likeness (QED) is 0.648. The summed E-state index contributed by atoms with van der Waals surface area (Å²) in [6.45, 7) is 1.64. The third kappa shape index (κ3) is 4.25. The molecule has 0 saturated heterocycles. The van der Waals surface area contributed by atoms with Crippen molar-refractivity contribution >= 4 is 28.5 Å². The Morgan fingerprint density at radius 2 is 1.96 bits per heavy atom. The molecule has 0 spiro atoms. The van der Waals surface area contributed by atoms with Crippen LogP contribution in [0.3, 0.4) is 0 Å². The number of carbonyl (C=O) groups excluding carboxylic acids is 2. The summed E-state index contributed by atoms with van der Waals surface area (Å²) in [4.78, 5) is 23.7. The van der Waals surface area contributed by atoms with Crippen molar-refractivity contribution in [1.82, 2.24) is 5.32 Å². The fourth-order valence-electron chi connectivity index (χ4n) is 2.66. The monoisotopic (exact) mass is 370 g/mol. The van der Waals surface area contributed by atoms with Gasteiger partial charge in [0.2, 0.25) is 5.91 Å². The molecule has 0 saturated carbocycles. The molecule has 2 N–H and O–H groups in total. The van der Waals surface area contributed by atoms with Crippen molar-refractivity contribution in [3.05, 3.63) is 65.7 Å². The molecule has 0 radical (unpaired) electrons. The maximum Gasteiger partial charge on any atom is 0.337 e. The summed E-state index contributed by atoms with van der Waals surface area (Å²) in [5.41, 5.74) is 0.982. The number of ether oxygens (including phenoxy) is 1. The number of amides is 1. The van der Waals surface area contributed by atoms with Gasteiger partial charge in [0.05, 0.1) is 30.9 Å². The number of fused-ring (bicyclic) bond motifs is 1. The van der Waals surface area contributed by atoms with Crippen LogP contribution in [-0.2, 0) is 9.53 Å². The lowest BCUT2D eigenvalue weighted by Gasteiger charge is -2.13. The summed E-state index contributed by atoms with van der Waals surface area (Å²) in [6, 6.07) is 12.8. The highest BCUT2D eigenvalue weighted by atomic mass is 19.1. The van der Waals surface area contributed by atoms with E-state index in [9.17, 15) is 14.0 Å². The van der Waals surface area contributed by atoms with E-state index in [0.29, 0.717) is 5.76 Å². The SMILES string of the molecule is COC(=O)c1ccc(F)c(NCC(=O)N[C@@H](C)c2cc3ccccc3o2)c1. The molecule has 1 aromatic heterocycles. The number of nitrogens with one attached hydrogen (secondary N) is 2. The van der Waals surface area contributed by atoms with E-state index in [1.54, 1.807) is 6.92 Å². The van der Waals surface area contributed by atoms with Gasteiger partial charge in [-0.25, -0.2) is 9.18 Å². The number of furan rings is 1. The van der Waals surface area contributed by atoms with E-state index < -0.39 is 11.8 Å². The van der Waals surface area contributed by atoms with Gasteiger partial charge in [-0.15, -0.1) is 0 Å². The predicted molar refractivity (Wildman–Crippen MR) is 99.0 cm³/mol. The number of hydrogen-bond acceptors (Lipinski definition) is 5. The number of para-hydroxylation sites is 1. The van der Waals surface area contributed by atoms with Crippen LogP contribution in [0.15, 0.2) is 52.9 Å². The van der Waals surface area contributed by atoms with Crippen LogP contribution in [0.5, 0.6) is 0 Å². The molecule has 6 nitrogen and oxygen atoms in total. The van der Waals surface area contributed by atoms with E-state index in [4.69, 9.17) is 4.42 Å². The van der Waals surface area contributed by atoms with E-state index >= 15 is 0 Å². The van der Waals surface area contributed by atoms with Gasteiger partial charge in [0.15, 0.2) is 0 Å². The summed E-state index contributed by atoms with van der Waals surface area (Å²) in [7, 11) is 1.24. The van der Waals surface area contributed by atoms with Gasteiger partial charge in [-0.05, 0) is 37.3 Å². The minimum absolute atomic E-state index is 0.0458. The van der Waals surface area contributed by atoms with Crippen LogP contribution in [0.25, 0.3) is 11.0 Å². The second kappa shape index (κ2) is 7.90. The van der Waals surface area contributed by atoms with Gasteiger partial charge >= 0.3 is 5.97 Å². The Morgan fingerprint density at radius 3 is 2.70 bits per heavy atom. The maximum atomic E-state index is 13.9. The molecule has 0 unspecified atom stereocenters. The number of benzene rings is 2. The van der Waals surface area contributed by atoms with E-state index in [-0.39, 0.29) is 29.7 Å². The summed E-state index contributed by atoms with van der Waals surface area (Å²) < 4.78 is 24.2. The van der Waals surface area contributed by atoms with E-state index in [2.05, 4.69) is 15.4 Å². The van der Waals surface area contributed by atoms with Gasteiger partial charge in [-0.2, -0.15) is 0 Å². The van der Waals surface area contributed by atoms with Crippen LogP contribution >= 0.6 is 0 Å². The van der Waals surface area contributed by atoms with Crippen molar-refractivity contribution < 1.29 is 23.1 Å². The lowest BCUT2D eigenvalue weighted by atomic mass is 10.2. The Hall–Kier alpha value is -3.35. The Morgan fingerprint density at radius 1 is 1.19 bits per heavy atom. The highest BCUT2D eigenvalue weighted by molar-refractivity contribution is 5.90. The molecule has 1 amide bonds. The molecule has 0 fully saturated rings. The average molecular weight is 370 g/mol. The van der Waals surface area contributed by atoms with Crippen molar-refractivity contribution in [3.63, 3.8) is 0 Å². The maximum absolute atomic E-state index is 13.9. The molecule has 27 heavy (non-hydrogen) atoms. The smallest absolute Gasteiger partial charge is 0.337 e. The van der Waals surface area contributed by atoms with Crippen molar-refractivity contribution in [2.24, 2.45) is 0 Å². The zero-order valence-electron chi connectivity index (χ0n) is 14.9. The summed E-state index contributed by atoms with van der Waals surface area (Å²) >= 11 is 0. The molecule has 1 heterocycles. The van der Waals surface area contributed by atoms with Gasteiger partial charge in [0, 0.05) is 5.39 Å². The second-order valence-corrected chi connectivity index (χ2v) is 6.02. The average Bonchev–Trinajstić information content (AvgIpc) is 3.11. The summed E-state index contributed by atoms with van der Waals surface area (Å²) in [5.74, 6) is -0.865. The zero-order valence-corrected chi connectivity index (χ0v) is 14.9. The first-order chi connectivity index (χ1) is 13.0. The molecular weight excluding hydrogens is 351 g/mol. The number of halogens is 1. The van der Waals surface area contributed by atoms with E-state index in [1.807, 2.05) is 30.3 Å². The third-order valence-corrected chi connectivity index (χ3v) is 4.08. The lowest BCUT2D eigenvalue weighted by molar-refractivity contribution is -0.120. The number of hydrogen-bond donors (Lipinski definition) is 2. The molecule has 0 aliphatic heterocycles. The molecule has 7 heteroatoms. The van der Waals surface area contributed by atoms with Crippen LogP contribution in [0.4, 0.5) is 10.1 Å². The predicted octanol–water partition coefficient (Wildman–Crippen LogP) is 3.65. The van der Waals surface area contributed by atoms with Crippen LogP contribution in [0, 0.1) is 5.82 Å². The van der Waals surface area contributed by atoms with Gasteiger partial charge in [-0.1, -0.05) is 18.2 Å². The van der Waals surface area contributed by atoms with Crippen LogP contribution < -0.4 is 10.6 Å². The molecule has 2 aromatic carbocycles. The highest BCUT2D eigenvalue weighted by Gasteiger charge is 2.15. The van der Waals surface area contributed by atoms with Crippen LogP contribution in [-0.4, -0.2) is 25.5 Å². The van der Waals surface area contributed by atoms with E-state index in [0.717, 1.165) is 17.0 Å². The van der Waals surface area contributed by atoms with Crippen LogP contribution in [0.1, 0.15) is 29.1 Å². The molecular formula is C20H19FN2O4. The first-order valence-corrected chi connectivity index (χ1v) is 8.37. The molecule has 3 rings (SSSR count). The molecule has 1 atom stereocenters. The zero-order chi connectivity index (χ0) is 19.4. The largest absolute Gasteiger partial charge is 0.465 e. The first kappa shape index (κ1) is 18.4. The van der Waals surface area contributed by atoms with Crippen molar-refractivity contribution in [1.29, 1.82) is 0 Å². The molecule has 0 bridgehead atoms. The number of esters is 1. The number of carbonyl (C=O) groups is 2. The highest BCUT2D eigenvalue weighted by Crippen LogP contribution is 2.23. The minimum atomic E-state index is -0.582. The van der Waals surface area contributed by atoms with Gasteiger partial charge in [-0.3, -0.25) is 4.79 Å². The molecule has 3 aromatic rings. The Balaban J connectivity index is 1.61. The summed E-state index contributed by atoms with van der Waals surface area (Å²) in [6.07, 6.45) is 0. The molecule has 140 valence electrons. The van der Waals surface area contributed by atoms with Gasteiger partial charge in [0.1, 0.15) is 17.2 Å². The van der Waals surface area contributed by atoms with Crippen molar-refractivity contribution in [2.75, 3.05) is 19.0 Å². The topological polar surface area (TPSA) is 80.6 Å². The lowest BCUT2D eigenvalue weighted by Crippen LogP contribution is -2.32. The van der Waals surface area contributed by atoms with E-state index in [1.165, 1.54) is 19.2 Å². The fraction of sp³-hybridized carbons (Fsp3) is 0.200. The number of methoxy groups -OCH3 is 1. The minimum Gasteiger partial charge on any atom is -0.465 e. The van der Waals surface area contributed by atoms with Gasteiger partial charge < -0.3 is 19.8 Å². The first-order valence-electron chi connectivity index (χ1n) is 8.37. The fourth-order valence-corrected chi connectivity index (χ4v) is 2.66. The Kier molecular flexibility index (Phi) is 5.40. The van der Waals surface area contributed by atoms with Crippen molar-refractivity contribution in [3.8, 4) is 0 Å².